The quantitative estimate of drug-likeness (QED) is 0.160. The molecule has 262 valence electrons. The summed E-state index contributed by atoms with van der Waals surface area (Å²) in [6.07, 6.45) is 6.29. The fraction of sp³-hybridized carbons (Fsp3) is 0.107. The molecular formula is C56H38. The van der Waals surface area contributed by atoms with E-state index in [1.54, 1.807) is 0 Å². The second-order valence-corrected chi connectivity index (χ2v) is 16.7. The van der Waals surface area contributed by atoms with Gasteiger partial charge in [-0.15, -0.1) is 0 Å². The van der Waals surface area contributed by atoms with Crippen LogP contribution in [0, 0.1) is 0 Å². The Morgan fingerprint density at radius 2 is 0.679 bits per heavy atom. The lowest BCUT2D eigenvalue weighted by Crippen LogP contribution is -2.28. The molecule has 2 aliphatic rings. The van der Waals surface area contributed by atoms with Crippen LogP contribution in [0.25, 0.3) is 109 Å². The molecule has 11 aromatic carbocycles. The molecule has 1 fully saturated rings. The van der Waals surface area contributed by atoms with E-state index in [1.165, 1.54) is 152 Å². The lowest BCUT2D eigenvalue weighted by molar-refractivity contribution is 0.353. The van der Waals surface area contributed by atoms with Gasteiger partial charge < -0.3 is 0 Å². The van der Waals surface area contributed by atoms with E-state index in [0.717, 1.165) is 0 Å². The Morgan fingerprint density at radius 1 is 0.286 bits per heavy atom. The molecule has 2 aliphatic carbocycles. The van der Waals surface area contributed by atoms with E-state index in [4.69, 9.17) is 0 Å². The fourth-order valence-electron chi connectivity index (χ4n) is 11.4. The molecule has 1 saturated carbocycles. The molecule has 0 aliphatic heterocycles. The highest BCUT2D eigenvalue weighted by Gasteiger charge is 2.44. The average molecular weight is 711 g/mol. The Labute approximate surface area is 326 Å². The molecule has 0 saturated heterocycles. The predicted octanol–water partition coefficient (Wildman–Crippen LogP) is 15.7. The summed E-state index contributed by atoms with van der Waals surface area (Å²) in [5.74, 6) is 0. The first-order chi connectivity index (χ1) is 27.7. The molecule has 0 aromatic heterocycles. The van der Waals surface area contributed by atoms with Gasteiger partial charge in [0.15, 0.2) is 0 Å². The number of benzene rings is 11. The van der Waals surface area contributed by atoms with Gasteiger partial charge >= 0.3 is 0 Å². The zero-order valence-electron chi connectivity index (χ0n) is 31.2. The Hall–Kier alpha value is -6.50. The maximum Gasteiger partial charge on any atom is 0.0215 e. The molecule has 13 rings (SSSR count). The van der Waals surface area contributed by atoms with Gasteiger partial charge in [-0.2, -0.15) is 0 Å². The van der Waals surface area contributed by atoms with Crippen molar-refractivity contribution in [2.24, 2.45) is 0 Å². The highest BCUT2D eigenvalue weighted by atomic mass is 14.5. The Kier molecular flexibility index (Phi) is 6.20. The van der Waals surface area contributed by atoms with Crippen LogP contribution in [-0.2, 0) is 5.41 Å². The molecule has 0 nitrogen and oxygen atoms in total. The summed E-state index contributed by atoms with van der Waals surface area (Å²) in [6.45, 7) is 0. The minimum absolute atomic E-state index is 0.0441. The highest BCUT2D eigenvalue weighted by Crippen LogP contribution is 2.57. The zero-order chi connectivity index (χ0) is 36.5. The van der Waals surface area contributed by atoms with Crippen LogP contribution in [0.4, 0.5) is 0 Å². The van der Waals surface area contributed by atoms with Crippen molar-refractivity contribution in [2.75, 3.05) is 0 Å². The van der Waals surface area contributed by atoms with Crippen LogP contribution < -0.4 is 0 Å². The van der Waals surface area contributed by atoms with Gasteiger partial charge in [0, 0.05) is 5.41 Å². The molecule has 0 radical (unpaired) electrons. The van der Waals surface area contributed by atoms with Gasteiger partial charge in [0.05, 0.1) is 0 Å². The third kappa shape index (κ3) is 4.14. The molecule has 0 heteroatoms. The topological polar surface area (TPSA) is 0 Å². The van der Waals surface area contributed by atoms with Gasteiger partial charge in [0.25, 0.3) is 0 Å². The van der Waals surface area contributed by atoms with Crippen LogP contribution in [0.3, 0.4) is 0 Å². The van der Waals surface area contributed by atoms with Gasteiger partial charge in [-0.3, -0.25) is 0 Å². The number of fused-ring (bicyclic) bond motifs is 5. The van der Waals surface area contributed by atoms with Crippen LogP contribution in [0.2, 0.25) is 0 Å². The van der Waals surface area contributed by atoms with Gasteiger partial charge in [-0.1, -0.05) is 171 Å². The first kappa shape index (κ1) is 30.8. The first-order valence-corrected chi connectivity index (χ1v) is 20.5. The van der Waals surface area contributed by atoms with E-state index in [-0.39, 0.29) is 5.41 Å². The molecule has 56 heavy (non-hydrogen) atoms. The predicted molar refractivity (Wildman–Crippen MR) is 239 cm³/mol. The van der Waals surface area contributed by atoms with Crippen molar-refractivity contribution in [1.29, 1.82) is 0 Å². The zero-order valence-corrected chi connectivity index (χ0v) is 31.2. The number of hydrogen-bond acceptors (Lipinski definition) is 0. The number of rotatable bonds is 3. The van der Waals surface area contributed by atoms with Crippen molar-refractivity contribution in [2.45, 2.75) is 37.5 Å². The molecule has 1 spiro atoms. The van der Waals surface area contributed by atoms with Crippen molar-refractivity contribution >= 4 is 64.6 Å². The summed E-state index contributed by atoms with van der Waals surface area (Å²) >= 11 is 0. The summed E-state index contributed by atoms with van der Waals surface area (Å²) in [5.41, 5.74) is 13.8. The summed E-state index contributed by atoms with van der Waals surface area (Å²) in [4.78, 5) is 0. The third-order valence-corrected chi connectivity index (χ3v) is 13.9. The van der Waals surface area contributed by atoms with E-state index in [2.05, 4.69) is 170 Å². The monoisotopic (exact) mass is 710 g/mol. The van der Waals surface area contributed by atoms with Gasteiger partial charge in [0.2, 0.25) is 0 Å². The maximum absolute atomic E-state index is 2.58. The first-order valence-electron chi connectivity index (χ1n) is 20.5. The molecule has 0 atom stereocenters. The van der Waals surface area contributed by atoms with Crippen LogP contribution >= 0.6 is 0 Å². The van der Waals surface area contributed by atoms with E-state index >= 15 is 0 Å². The van der Waals surface area contributed by atoms with Gasteiger partial charge in [0.1, 0.15) is 0 Å². The average Bonchev–Trinajstić information content (AvgIpc) is 3.52. The molecule has 0 amide bonds. The van der Waals surface area contributed by atoms with Gasteiger partial charge in [-0.05, 0) is 151 Å². The van der Waals surface area contributed by atoms with E-state index in [0.29, 0.717) is 0 Å². The minimum atomic E-state index is 0.0441. The van der Waals surface area contributed by atoms with Crippen LogP contribution in [0.1, 0.15) is 43.2 Å². The second-order valence-electron chi connectivity index (χ2n) is 16.7. The van der Waals surface area contributed by atoms with Crippen molar-refractivity contribution in [3.8, 4) is 44.5 Å². The summed E-state index contributed by atoms with van der Waals surface area (Å²) < 4.78 is 0. The lowest BCUT2D eigenvalue weighted by Gasteiger charge is -2.36. The van der Waals surface area contributed by atoms with Crippen LogP contribution in [0.15, 0.2) is 170 Å². The van der Waals surface area contributed by atoms with Crippen molar-refractivity contribution in [1.82, 2.24) is 0 Å². The molecule has 0 heterocycles. The van der Waals surface area contributed by atoms with E-state index in [9.17, 15) is 0 Å². The Morgan fingerprint density at radius 3 is 1.25 bits per heavy atom. The van der Waals surface area contributed by atoms with Crippen LogP contribution in [-0.4, -0.2) is 0 Å². The summed E-state index contributed by atoms with van der Waals surface area (Å²) in [5, 5.41) is 16.1. The van der Waals surface area contributed by atoms with Crippen molar-refractivity contribution in [3.05, 3.63) is 181 Å². The second kappa shape index (κ2) is 11.3. The molecule has 0 N–H and O–H groups in total. The van der Waals surface area contributed by atoms with Crippen molar-refractivity contribution in [3.63, 3.8) is 0 Å². The SMILES string of the molecule is c1cc(-c2ccc3c(c2)C2(CCCCC2)c2cc(-c4ccc5ccc6cccc7ccc4c5c67)ccc2-3)cc(-c2ccc3ccc4cccc5ccc2c3c45)c1. The van der Waals surface area contributed by atoms with E-state index in [1.807, 2.05) is 0 Å². The molecular weight excluding hydrogens is 673 g/mol. The standard InChI is InChI=1S/C56H38/c1-2-29-56(30-3-1)50-32-41(40-11-6-12-42(31-40)44-23-17-38-15-13-34-7-4-9-36-19-27-48(44)54(38)52(34)36)21-25-46(50)47-26-22-43(33-51(47)56)45-24-18-39-16-14-35-8-5-10-37-20-28-49(45)55(39)53(35)37/h4-28,31-33H,1-3,29-30H2. The minimum Gasteiger partial charge on any atom is -0.0610 e. The van der Waals surface area contributed by atoms with Crippen LogP contribution in [0.5, 0.6) is 0 Å². The largest absolute Gasteiger partial charge is 0.0610 e. The highest BCUT2D eigenvalue weighted by molar-refractivity contribution is 6.26. The fourth-order valence-corrected chi connectivity index (χ4v) is 11.4. The van der Waals surface area contributed by atoms with Crippen molar-refractivity contribution < 1.29 is 0 Å². The Bertz CT molecular complexity index is 3360. The van der Waals surface area contributed by atoms with E-state index < -0.39 is 0 Å². The molecule has 0 unspecified atom stereocenters. The summed E-state index contributed by atoms with van der Waals surface area (Å²) in [7, 11) is 0. The molecule has 11 aromatic rings. The Balaban J connectivity index is 0.941. The maximum atomic E-state index is 2.58. The normalized spacial score (nSPS) is 14.9. The lowest BCUT2D eigenvalue weighted by atomic mass is 9.67. The van der Waals surface area contributed by atoms with Gasteiger partial charge in [-0.25, -0.2) is 0 Å². The summed E-state index contributed by atoms with van der Waals surface area (Å²) in [6, 6.07) is 65.2. The number of hydrogen-bond donors (Lipinski definition) is 0. The third-order valence-electron chi connectivity index (χ3n) is 13.9. The molecule has 0 bridgehead atoms. The smallest absolute Gasteiger partial charge is 0.0215 e.